The van der Waals surface area contributed by atoms with Gasteiger partial charge in [0, 0.05) is 5.57 Å². The Morgan fingerprint density at radius 1 is 1.40 bits per heavy atom. The van der Waals surface area contributed by atoms with Crippen molar-refractivity contribution in [1.29, 1.82) is 0 Å². The van der Waals surface area contributed by atoms with Crippen LogP contribution in [0, 0.1) is 0 Å². The summed E-state index contributed by atoms with van der Waals surface area (Å²) in [7, 11) is 0. The van der Waals surface area contributed by atoms with Crippen molar-refractivity contribution in [2.45, 2.75) is 32.0 Å². The van der Waals surface area contributed by atoms with E-state index in [2.05, 4.69) is 11.3 Å². The molecular formula is C9H12F4O2. The maximum atomic E-state index is 12.5. The molecule has 0 N–H and O–H groups in total. The minimum absolute atomic E-state index is 0.203. The Morgan fingerprint density at radius 3 is 2.07 bits per heavy atom. The van der Waals surface area contributed by atoms with E-state index in [1.165, 1.54) is 6.92 Å². The van der Waals surface area contributed by atoms with Crippen molar-refractivity contribution in [1.82, 2.24) is 0 Å². The first kappa shape index (κ1) is 13.9. The van der Waals surface area contributed by atoms with Crippen LogP contribution in [0.5, 0.6) is 0 Å². The van der Waals surface area contributed by atoms with E-state index < -0.39 is 30.8 Å². The summed E-state index contributed by atoms with van der Waals surface area (Å²) in [6.07, 6.45) is -5.60. The van der Waals surface area contributed by atoms with Crippen molar-refractivity contribution < 1.29 is 27.1 Å². The Bertz CT molecular complexity index is 253. The second-order valence-corrected chi connectivity index (χ2v) is 3.15. The molecule has 88 valence electrons. The van der Waals surface area contributed by atoms with E-state index in [1.807, 2.05) is 0 Å². The summed E-state index contributed by atoms with van der Waals surface area (Å²) in [5, 5.41) is 0. The number of halogens is 4. The van der Waals surface area contributed by atoms with Gasteiger partial charge in [-0.05, 0) is 13.3 Å². The third kappa shape index (κ3) is 2.94. The first-order valence-electron chi connectivity index (χ1n) is 4.21. The highest BCUT2D eigenvalue weighted by Gasteiger charge is 2.57. The van der Waals surface area contributed by atoms with Crippen LogP contribution in [-0.2, 0) is 9.53 Å². The Balaban J connectivity index is 4.97. The first-order valence-corrected chi connectivity index (χ1v) is 4.21. The van der Waals surface area contributed by atoms with Gasteiger partial charge < -0.3 is 4.74 Å². The fourth-order valence-electron chi connectivity index (χ4n) is 0.793. The van der Waals surface area contributed by atoms with Crippen LogP contribution in [0.1, 0.15) is 20.3 Å². The van der Waals surface area contributed by atoms with Crippen molar-refractivity contribution in [3.8, 4) is 0 Å². The molecule has 0 rings (SSSR count). The van der Waals surface area contributed by atoms with Crippen LogP contribution in [-0.4, -0.2) is 24.4 Å². The summed E-state index contributed by atoms with van der Waals surface area (Å²) in [6.45, 7) is 3.61. The number of esters is 1. The van der Waals surface area contributed by atoms with E-state index in [0.717, 1.165) is 6.92 Å². The van der Waals surface area contributed by atoms with Crippen LogP contribution >= 0.6 is 0 Å². The summed E-state index contributed by atoms with van der Waals surface area (Å²) in [6, 6.07) is 0. The van der Waals surface area contributed by atoms with Gasteiger partial charge in [-0.2, -0.15) is 13.2 Å². The average Bonchev–Trinajstić information content (AvgIpc) is 2.11. The highest BCUT2D eigenvalue weighted by Crippen LogP contribution is 2.37. The smallest absolute Gasteiger partial charge is 0.430 e. The molecule has 0 fully saturated rings. The zero-order valence-electron chi connectivity index (χ0n) is 8.45. The average molecular weight is 228 g/mol. The number of carbonyl (C=O) groups excluding carboxylic acids is 1. The Morgan fingerprint density at radius 2 is 1.87 bits per heavy atom. The zero-order chi connectivity index (χ0) is 12.3. The van der Waals surface area contributed by atoms with Gasteiger partial charge in [0.1, 0.15) is 6.67 Å². The summed E-state index contributed by atoms with van der Waals surface area (Å²) < 4.78 is 53.9. The van der Waals surface area contributed by atoms with Gasteiger partial charge in [-0.3, -0.25) is 0 Å². The molecule has 0 aliphatic rings. The molecule has 0 radical (unpaired) electrons. The molecule has 0 aliphatic heterocycles. The molecule has 0 bridgehead atoms. The molecule has 0 aromatic carbocycles. The van der Waals surface area contributed by atoms with Crippen LogP contribution in [0.25, 0.3) is 0 Å². The fraction of sp³-hybridized carbons (Fsp3) is 0.667. The molecule has 0 spiro atoms. The molecule has 15 heavy (non-hydrogen) atoms. The van der Waals surface area contributed by atoms with Crippen molar-refractivity contribution in [3.63, 3.8) is 0 Å². The molecule has 0 aromatic rings. The zero-order valence-corrected chi connectivity index (χ0v) is 8.45. The number of ether oxygens (including phenoxy) is 1. The molecule has 6 heteroatoms. The van der Waals surface area contributed by atoms with E-state index in [4.69, 9.17) is 0 Å². The molecular weight excluding hydrogens is 216 g/mol. The van der Waals surface area contributed by atoms with Crippen LogP contribution in [0.15, 0.2) is 12.2 Å². The molecule has 0 heterocycles. The lowest BCUT2D eigenvalue weighted by Gasteiger charge is -2.31. The van der Waals surface area contributed by atoms with Crippen molar-refractivity contribution in [2.75, 3.05) is 6.67 Å². The molecule has 0 amide bonds. The molecule has 0 aliphatic carbocycles. The van der Waals surface area contributed by atoms with Gasteiger partial charge in [0.25, 0.3) is 0 Å². The van der Waals surface area contributed by atoms with Crippen molar-refractivity contribution in [2.24, 2.45) is 0 Å². The predicted octanol–water partition coefficient (Wildman–Crippen LogP) is 2.79. The Labute approximate surface area is 84.9 Å². The second kappa shape index (κ2) is 4.63. The first-order chi connectivity index (χ1) is 6.70. The van der Waals surface area contributed by atoms with Gasteiger partial charge in [0.05, 0.1) is 0 Å². The lowest BCUT2D eigenvalue weighted by molar-refractivity contribution is -0.273. The standard InChI is InChI=1S/C9H12F4O2/c1-4-8(5-10,9(11,12)13)15-7(14)6(2)3/h2,4-5H2,1,3H3. The summed E-state index contributed by atoms with van der Waals surface area (Å²) >= 11 is 0. The SMILES string of the molecule is C=C(C)C(=O)OC(CC)(CF)C(F)(F)F. The molecule has 0 saturated heterocycles. The summed E-state index contributed by atoms with van der Waals surface area (Å²) in [5.74, 6) is -1.24. The van der Waals surface area contributed by atoms with E-state index in [9.17, 15) is 22.4 Å². The van der Waals surface area contributed by atoms with E-state index >= 15 is 0 Å². The van der Waals surface area contributed by atoms with Crippen LogP contribution in [0.4, 0.5) is 17.6 Å². The highest BCUT2D eigenvalue weighted by molar-refractivity contribution is 5.87. The number of hydrogen-bond acceptors (Lipinski definition) is 2. The number of rotatable bonds is 4. The number of carbonyl (C=O) groups is 1. The largest absolute Gasteiger partial charge is 0.443 e. The maximum absolute atomic E-state index is 12.5. The lowest BCUT2D eigenvalue weighted by atomic mass is 10.0. The minimum Gasteiger partial charge on any atom is -0.443 e. The number of alkyl halides is 4. The minimum atomic E-state index is -4.93. The maximum Gasteiger partial charge on any atom is 0.430 e. The molecule has 2 nitrogen and oxygen atoms in total. The highest BCUT2D eigenvalue weighted by atomic mass is 19.4. The fourth-order valence-corrected chi connectivity index (χ4v) is 0.793. The van der Waals surface area contributed by atoms with Gasteiger partial charge in [0.15, 0.2) is 0 Å². The normalized spacial score (nSPS) is 15.6. The van der Waals surface area contributed by atoms with Gasteiger partial charge in [-0.15, -0.1) is 0 Å². The summed E-state index contributed by atoms with van der Waals surface area (Å²) in [5.41, 5.74) is -3.26. The van der Waals surface area contributed by atoms with Gasteiger partial charge in [0.2, 0.25) is 5.60 Å². The topological polar surface area (TPSA) is 26.3 Å². The van der Waals surface area contributed by atoms with Crippen LogP contribution in [0.3, 0.4) is 0 Å². The lowest BCUT2D eigenvalue weighted by Crippen LogP contribution is -2.50. The van der Waals surface area contributed by atoms with Crippen molar-refractivity contribution in [3.05, 3.63) is 12.2 Å². The van der Waals surface area contributed by atoms with Gasteiger partial charge in [-0.1, -0.05) is 13.5 Å². The monoisotopic (exact) mass is 228 g/mol. The van der Waals surface area contributed by atoms with E-state index in [1.54, 1.807) is 0 Å². The Hall–Kier alpha value is -1.07. The van der Waals surface area contributed by atoms with E-state index in [-0.39, 0.29) is 5.57 Å². The third-order valence-electron chi connectivity index (χ3n) is 1.94. The molecule has 0 saturated carbocycles. The number of hydrogen-bond donors (Lipinski definition) is 0. The molecule has 1 unspecified atom stereocenters. The molecule has 1 atom stereocenters. The Kier molecular flexibility index (Phi) is 4.30. The second-order valence-electron chi connectivity index (χ2n) is 3.15. The van der Waals surface area contributed by atoms with Crippen molar-refractivity contribution >= 4 is 5.97 Å². The predicted molar refractivity (Wildman–Crippen MR) is 46.0 cm³/mol. The third-order valence-corrected chi connectivity index (χ3v) is 1.94. The van der Waals surface area contributed by atoms with Crippen LogP contribution < -0.4 is 0 Å². The van der Waals surface area contributed by atoms with Crippen LogP contribution in [0.2, 0.25) is 0 Å². The summed E-state index contributed by atoms with van der Waals surface area (Å²) in [4.78, 5) is 10.9. The van der Waals surface area contributed by atoms with Gasteiger partial charge >= 0.3 is 12.1 Å². The van der Waals surface area contributed by atoms with E-state index in [0.29, 0.717) is 0 Å². The van der Waals surface area contributed by atoms with Gasteiger partial charge in [-0.25, -0.2) is 9.18 Å². The quantitative estimate of drug-likeness (QED) is 0.420. The molecule has 0 aromatic heterocycles.